The largest absolute Gasteiger partial charge is 0.507 e. The van der Waals surface area contributed by atoms with Gasteiger partial charge in [0, 0.05) is 17.3 Å². The van der Waals surface area contributed by atoms with E-state index in [2.05, 4.69) is 10.6 Å². The zero-order valence-corrected chi connectivity index (χ0v) is 27.3. The van der Waals surface area contributed by atoms with Gasteiger partial charge < -0.3 is 26.6 Å². The van der Waals surface area contributed by atoms with E-state index in [1.165, 1.54) is 49.3 Å². The van der Waals surface area contributed by atoms with Crippen LogP contribution < -0.4 is 16.4 Å². The van der Waals surface area contributed by atoms with Gasteiger partial charge in [0.2, 0.25) is 5.91 Å². The van der Waals surface area contributed by atoms with Crippen molar-refractivity contribution in [2.24, 2.45) is 29.4 Å². The maximum Gasteiger partial charge on any atom is 0.393 e. The maximum absolute atomic E-state index is 14.0. The first-order valence-electron chi connectivity index (χ1n) is 16.0. The Balaban J connectivity index is 1.25. The van der Waals surface area contributed by atoms with Crippen molar-refractivity contribution >= 4 is 46.4 Å². The first-order chi connectivity index (χ1) is 23.9. The normalized spacial score (nSPS) is 25.9. The molecule has 0 saturated heterocycles. The summed E-state index contributed by atoms with van der Waals surface area (Å²) < 4.78 is 37.9. The standard InChI is InChI=1S/C36H33F3N4O8/c1-43(2)28-23-14-18-13-22-21(17-5-9-20(10-6-17)42-34(50)41-19-7-3-16(4-8-19)15-35(37,38)39)11-12-24(44)26(22)29(45)25(18)31(47)36(23,51)32(48)27(30(28)46)33(40)49/h3-12,18,23,25,27-28,44,51H,13-15H2,1-2H3,(H2,40,49)(H2,41,42,50)/t18-,23-,25?,27?,28?,36-/m0/s1. The van der Waals surface area contributed by atoms with Gasteiger partial charge in [-0.2, -0.15) is 13.2 Å². The molecule has 3 aliphatic rings. The molecule has 2 fully saturated rings. The Labute approximate surface area is 288 Å². The van der Waals surface area contributed by atoms with E-state index in [0.717, 1.165) is 0 Å². The molecule has 2 saturated carbocycles. The van der Waals surface area contributed by atoms with E-state index in [4.69, 9.17) is 5.73 Å². The number of anilines is 2. The number of nitrogens with zero attached hydrogens (tertiary/aromatic N) is 1. The highest BCUT2D eigenvalue weighted by Crippen LogP contribution is 2.51. The Morgan fingerprint density at radius 3 is 2.06 bits per heavy atom. The maximum atomic E-state index is 14.0. The molecular weight excluding hydrogens is 673 g/mol. The molecule has 6 rings (SSSR count). The van der Waals surface area contributed by atoms with Crippen LogP contribution in [0.25, 0.3) is 11.1 Å². The molecular formula is C36H33F3N4O8. The second-order valence-electron chi connectivity index (χ2n) is 13.4. The van der Waals surface area contributed by atoms with E-state index in [1.54, 1.807) is 30.3 Å². The summed E-state index contributed by atoms with van der Waals surface area (Å²) in [6.45, 7) is 0. The molecule has 51 heavy (non-hydrogen) atoms. The highest BCUT2D eigenvalue weighted by Gasteiger charge is 2.69. The summed E-state index contributed by atoms with van der Waals surface area (Å²) in [5.41, 5.74) is 4.60. The molecule has 6 atom stereocenters. The fourth-order valence-electron chi connectivity index (χ4n) is 7.84. The molecule has 6 N–H and O–H groups in total. The lowest BCUT2D eigenvalue weighted by molar-refractivity contribution is -0.181. The van der Waals surface area contributed by atoms with Crippen molar-refractivity contribution in [1.82, 2.24) is 4.90 Å². The van der Waals surface area contributed by atoms with Gasteiger partial charge in [-0.1, -0.05) is 30.3 Å². The third-order valence-corrected chi connectivity index (χ3v) is 10.0. The average Bonchev–Trinajstić information content (AvgIpc) is 3.03. The number of urea groups is 1. The van der Waals surface area contributed by atoms with Gasteiger partial charge in [0.05, 0.1) is 23.9 Å². The van der Waals surface area contributed by atoms with Crippen molar-refractivity contribution in [2.75, 3.05) is 24.7 Å². The molecule has 0 aliphatic heterocycles. The number of aliphatic hydroxyl groups is 1. The number of nitrogens with one attached hydrogen (secondary N) is 2. The van der Waals surface area contributed by atoms with Gasteiger partial charge in [-0.3, -0.25) is 28.9 Å². The van der Waals surface area contributed by atoms with E-state index in [9.17, 15) is 52.2 Å². The van der Waals surface area contributed by atoms with Crippen molar-refractivity contribution in [1.29, 1.82) is 0 Å². The molecule has 0 heterocycles. The zero-order valence-electron chi connectivity index (χ0n) is 27.3. The second-order valence-corrected chi connectivity index (χ2v) is 13.4. The average molecular weight is 707 g/mol. The van der Waals surface area contributed by atoms with Crippen LogP contribution in [-0.2, 0) is 32.0 Å². The third kappa shape index (κ3) is 6.16. The van der Waals surface area contributed by atoms with E-state index in [0.29, 0.717) is 22.4 Å². The van der Waals surface area contributed by atoms with Gasteiger partial charge in [0.25, 0.3) is 0 Å². The Morgan fingerprint density at radius 2 is 1.51 bits per heavy atom. The first-order valence-corrected chi connectivity index (χ1v) is 16.0. The number of carbonyl (C=O) groups excluding carboxylic acids is 6. The van der Waals surface area contributed by atoms with Crippen molar-refractivity contribution in [3.8, 4) is 16.9 Å². The molecule has 266 valence electrons. The second kappa shape index (κ2) is 12.7. The number of hydrogen-bond donors (Lipinski definition) is 5. The molecule has 12 nitrogen and oxygen atoms in total. The Bertz CT molecular complexity index is 1980. The number of ketones is 4. The summed E-state index contributed by atoms with van der Waals surface area (Å²) in [6.07, 6.45) is -5.47. The Morgan fingerprint density at radius 1 is 0.922 bits per heavy atom. The number of likely N-dealkylation sites (N-methyl/N-ethyl adjacent to an activating group) is 1. The Hall–Kier alpha value is -5.41. The fraction of sp³-hybridized carbons (Fsp3) is 0.333. The van der Waals surface area contributed by atoms with Crippen LogP contribution in [0.3, 0.4) is 0 Å². The molecule has 3 aromatic rings. The fourth-order valence-corrected chi connectivity index (χ4v) is 7.84. The molecule has 0 bridgehead atoms. The van der Waals surface area contributed by atoms with Gasteiger partial charge in [-0.05, 0) is 85.4 Å². The number of nitrogens with two attached hydrogens (primary N) is 1. The van der Waals surface area contributed by atoms with Crippen molar-refractivity contribution in [3.63, 3.8) is 0 Å². The number of fused-ring (bicyclic) bond motifs is 3. The number of primary amides is 1. The molecule has 0 radical (unpaired) electrons. The van der Waals surface area contributed by atoms with Crippen LogP contribution in [0.1, 0.15) is 27.9 Å². The number of rotatable bonds is 6. The summed E-state index contributed by atoms with van der Waals surface area (Å²) in [5, 5.41) is 27.8. The summed E-state index contributed by atoms with van der Waals surface area (Å²) in [7, 11) is 3.01. The van der Waals surface area contributed by atoms with E-state index in [-0.39, 0.29) is 29.7 Å². The number of amides is 3. The summed E-state index contributed by atoms with van der Waals surface area (Å²) >= 11 is 0. The number of benzene rings is 3. The van der Waals surface area contributed by atoms with Gasteiger partial charge in [0.15, 0.2) is 34.7 Å². The molecule has 0 spiro atoms. The van der Waals surface area contributed by atoms with Crippen LogP contribution in [-0.4, -0.2) is 82.1 Å². The van der Waals surface area contributed by atoms with Crippen LogP contribution in [0.4, 0.5) is 29.3 Å². The number of alkyl halides is 3. The minimum atomic E-state index is -4.36. The number of phenolic OH excluding ortho intramolecular Hbond substituents is 1. The lowest BCUT2D eigenvalue weighted by atomic mass is 9.52. The first kappa shape index (κ1) is 35.4. The van der Waals surface area contributed by atoms with E-state index < -0.39 is 88.7 Å². The molecule has 3 amide bonds. The zero-order chi connectivity index (χ0) is 37.2. The third-order valence-electron chi connectivity index (χ3n) is 10.0. The number of Topliss-reactive ketones (excluding diaryl/α,β-unsaturated/α-hetero) is 4. The van der Waals surface area contributed by atoms with Gasteiger partial charge in [-0.25, -0.2) is 4.79 Å². The number of aromatic hydroxyl groups is 1. The van der Waals surface area contributed by atoms with E-state index in [1.807, 2.05) is 0 Å². The van der Waals surface area contributed by atoms with Crippen LogP contribution in [0.15, 0.2) is 60.7 Å². The van der Waals surface area contributed by atoms with E-state index >= 15 is 0 Å². The molecule has 3 aliphatic carbocycles. The lowest BCUT2D eigenvalue weighted by Gasteiger charge is -2.52. The smallest absolute Gasteiger partial charge is 0.393 e. The van der Waals surface area contributed by atoms with Crippen LogP contribution in [0.5, 0.6) is 5.75 Å². The molecule has 3 unspecified atom stereocenters. The van der Waals surface area contributed by atoms with Crippen molar-refractivity contribution in [3.05, 3.63) is 77.4 Å². The number of halogens is 3. The number of phenols is 1. The highest BCUT2D eigenvalue weighted by molar-refractivity contribution is 6.32. The Kier molecular flexibility index (Phi) is 8.84. The predicted octanol–water partition coefficient (Wildman–Crippen LogP) is 3.28. The summed E-state index contributed by atoms with van der Waals surface area (Å²) in [5.74, 6) is -11.4. The SMILES string of the molecule is CN(C)C1C(=O)C(C(N)=O)C(=O)[C@@]2(O)C(=O)C3C(=O)c4c(O)ccc(-c5ccc(NC(=O)Nc6ccc(CC(F)(F)F)cc6)cc5)c4C[C@H]3C[C@@H]12. The summed E-state index contributed by atoms with van der Waals surface area (Å²) in [4.78, 5) is 81.0. The van der Waals surface area contributed by atoms with Gasteiger partial charge >= 0.3 is 12.2 Å². The van der Waals surface area contributed by atoms with Crippen LogP contribution >= 0.6 is 0 Å². The predicted molar refractivity (Wildman–Crippen MR) is 176 cm³/mol. The minimum Gasteiger partial charge on any atom is -0.507 e. The molecule has 3 aromatic carbocycles. The minimum absolute atomic E-state index is 0.0459. The number of hydrogen-bond acceptors (Lipinski definition) is 9. The van der Waals surface area contributed by atoms with Crippen LogP contribution in [0.2, 0.25) is 0 Å². The van der Waals surface area contributed by atoms with Crippen molar-refractivity contribution < 1.29 is 52.2 Å². The van der Waals surface area contributed by atoms with Crippen molar-refractivity contribution in [2.45, 2.75) is 37.1 Å². The van der Waals surface area contributed by atoms with Gasteiger partial charge in [-0.15, -0.1) is 0 Å². The highest BCUT2D eigenvalue weighted by atomic mass is 19.4. The van der Waals surface area contributed by atoms with Crippen LogP contribution in [0, 0.1) is 23.7 Å². The molecule has 0 aromatic heterocycles. The number of carbonyl (C=O) groups is 6. The topological polar surface area (TPSA) is 196 Å². The summed E-state index contributed by atoms with van der Waals surface area (Å²) in [6, 6.07) is 12.7. The van der Waals surface area contributed by atoms with Gasteiger partial charge in [0.1, 0.15) is 5.75 Å². The lowest BCUT2D eigenvalue weighted by Crippen LogP contribution is -2.74. The molecule has 15 heteroatoms. The quantitative estimate of drug-likeness (QED) is 0.239. The monoisotopic (exact) mass is 706 g/mol.